The summed E-state index contributed by atoms with van der Waals surface area (Å²) in [5.41, 5.74) is 6.06. The molecule has 0 aliphatic heterocycles. The van der Waals surface area contributed by atoms with Crippen molar-refractivity contribution in [2.45, 2.75) is 89.3 Å². The van der Waals surface area contributed by atoms with Crippen LogP contribution >= 0.6 is 0 Å². The highest BCUT2D eigenvalue weighted by Gasteiger charge is 2.24. The van der Waals surface area contributed by atoms with Gasteiger partial charge in [0.25, 0.3) is 0 Å². The van der Waals surface area contributed by atoms with Crippen LogP contribution in [0.25, 0.3) is 0 Å². The molecule has 2 aliphatic carbocycles. The van der Waals surface area contributed by atoms with Crippen molar-refractivity contribution in [2.24, 2.45) is 11.7 Å². The van der Waals surface area contributed by atoms with Crippen LogP contribution in [-0.2, 0) is 0 Å². The van der Waals surface area contributed by atoms with E-state index in [9.17, 15) is 0 Å². The molecule has 0 saturated heterocycles. The summed E-state index contributed by atoms with van der Waals surface area (Å²) in [4.78, 5) is 0. The molecule has 2 fully saturated rings. The first-order valence-corrected chi connectivity index (χ1v) is 7.77. The molecule has 0 bridgehead atoms. The third-order valence-electron chi connectivity index (χ3n) is 4.82. The lowest BCUT2D eigenvalue weighted by molar-refractivity contribution is 0.262. The van der Waals surface area contributed by atoms with Crippen LogP contribution in [0.4, 0.5) is 0 Å². The first-order chi connectivity index (χ1) is 8.25. The summed E-state index contributed by atoms with van der Waals surface area (Å²) in [5, 5.41) is 3.87. The Kier molecular flexibility index (Phi) is 5.30. The average Bonchev–Trinajstić information content (AvgIpc) is 2.57. The maximum atomic E-state index is 6.06. The van der Waals surface area contributed by atoms with Gasteiger partial charge < -0.3 is 11.1 Å². The molecule has 0 aromatic heterocycles. The molecule has 2 unspecified atom stereocenters. The van der Waals surface area contributed by atoms with Gasteiger partial charge in [-0.1, -0.05) is 32.1 Å². The van der Waals surface area contributed by atoms with Crippen molar-refractivity contribution in [3.05, 3.63) is 0 Å². The predicted molar refractivity (Wildman–Crippen MR) is 74.0 cm³/mol. The van der Waals surface area contributed by atoms with Gasteiger partial charge in [0.2, 0.25) is 0 Å². The second-order valence-electron chi connectivity index (χ2n) is 6.33. The van der Waals surface area contributed by atoms with Gasteiger partial charge in [0.1, 0.15) is 0 Å². The highest BCUT2D eigenvalue weighted by atomic mass is 15.0. The minimum absolute atomic E-state index is 0.447. The maximum absolute atomic E-state index is 6.06. The molecule has 0 radical (unpaired) electrons. The molecule has 0 heterocycles. The van der Waals surface area contributed by atoms with Crippen molar-refractivity contribution in [2.75, 3.05) is 0 Å². The molecule has 2 rings (SSSR count). The van der Waals surface area contributed by atoms with Crippen LogP contribution in [0.2, 0.25) is 0 Å². The second-order valence-corrected chi connectivity index (χ2v) is 6.33. The molecular formula is C15H30N2. The van der Waals surface area contributed by atoms with Crippen molar-refractivity contribution < 1.29 is 0 Å². The van der Waals surface area contributed by atoms with E-state index in [1.54, 1.807) is 0 Å². The number of hydrogen-bond donors (Lipinski definition) is 2. The molecule has 100 valence electrons. The highest BCUT2D eigenvalue weighted by molar-refractivity contribution is 4.84. The summed E-state index contributed by atoms with van der Waals surface area (Å²) in [6.45, 7) is 2.40. The minimum Gasteiger partial charge on any atom is -0.328 e. The van der Waals surface area contributed by atoms with E-state index in [1.807, 2.05) is 0 Å². The molecule has 2 saturated carbocycles. The van der Waals surface area contributed by atoms with E-state index in [1.165, 1.54) is 64.2 Å². The summed E-state index contributed by atoms with van der Waals surface area (Å²) < 4.78 is 0. The molecular weight excluding hydrogens is 208 g/mol. The molecule has 3 N–H and O–H groups in total. The van der Waals surface area contributed by atoms with Crippen molar-refractivity contribution in [3.63, 3.8) is 0 Å². The Balaban J connectivity index is 1.76. The van der Waals surface area contributed by atoms with Gasteiger partial charge in [0.05, 0.1) is 0 Å². The largest absolute Gasteiger partial charge is 0.328 e. The van der Waals surface area contributed by atoms with E-state index < -0.39 is 0 Å². The summed E-state index contributed by atoms with van der Waals surface area (Å²) in [6.07, 6.45) is 13.8. The third-order valence-corrected chi connectivity index (χ3v) is 4.82. The summed E-state index contributed by atoms with van der Waals surface area (Å²) in [6, 6.07) is 1.84. The lowest BCUT2D eigenvalue weighted by Gasteiger charge is -2.33. The predicted octanol–water partition coefficient (Wildman–Crippen LogP) is 3.20. The van der Waals surface area contributed by atoms with E-state index in [2.05, 4.69) is 12.2 Å². The lowest BCUT2D eigenvalue weighted by atomic mass is 9.88. The van der Waals surface area contributed by atoms with Crippen LogP contribution in [0.1, 0.15) is 71.1 Å². The van der Waals surface area contributed by atoms with Crippen LogP contribution in [0.3, 0.4) is 0 Å². The smallest absolute Gasteiger partial charge is 0.00843 e. The van der Waals surface area contributed by atoms with Crippen molar-refractivity contribution >= 4 is 0 Å². The van der Waals surface area contributed by atoms with Gasteiger partial charge in [0.15, 0.2) is 0 Å². The Morgan fingerprint density at radius 1 is 0.941 bits per heavy atom. The molecule has 2 nitrogen and oxygen atoms in total. The van der Waals surface area contributed by atoms with Crippen LogP contribution in [0, 0.1) is 5.92 Å². The quantitative estimate of drug-likeness (QED) is 0.741. The fraction of sp³-hybridized carbons (Fsp3) is 1.00. The van der Waals surface area contributed by atoms with Gasteiger partial charge in [-0.15, -0.1) is 0 Å². The molecule has 17 heavy (non-hydrogen) atoms. The lowest BCUT2D eigenvalue weighted by Crippen LogP contribution is -2.45. The second kappa shape index (κ2) is 6.75. The minimum atomic E-state index is 0.447. The monoisotopic (exact) mass is 238 g/mol. The Morgan fingerprint density at radius 2 is 1.65 bits per heavy atom. The van der Waals surface area contributed by atoms with Crippen molar-refractivity contribution in [1.29, 1.82) is 0 Å². The molecule has 2 heteroatoms. The molecule has 3 atom stereocenters. The Morgan fingerprint density at radius 3 is 2.29 bits per heavy atom. The average molecular weight is 238 g/mol. The van der Waals surface area contributed by atoms with Crippen LogP contribution < -0.4 is 11.1 Å². The van der Waals surface area contributed by atoms with Gasteiger partial charge >= 0.3 is 0 Å². The fourth-order valence-electron chi connectivity index (χ4n) is 3.70. The fourth-order valence-corrected chi connectivity index (χ4v) is 3.70. The zero-order chi connectivity index (χ0) is 12.1. The Hall–Kier alpha value is -0.0800. The summed E-state index contributed by atoms with van der Waals surface area (Å²) in [5.74, 6) is 0.913. The van der Waals surface area contributed by atoms with E-state index in [-0.39, 0.29) is 0 Å². The zero-order valence-electron chi connectivity index (χ0n) is 11.5. The van der Waals surface area contributed by atoms with E-state index in [4.69, 9.17) is 5.73 Å². The normalized spacial score (nSPS) is 34.2. The van der Waals surface area contributed by atoms with E-state index in [0.29, 0.717) is 18.1 Å². The topological polar surface area (TPSA) is 38.0 Å². The molecule has 0 amide bonds. The maximum Gasteiger partial charge on any atom is 0.00843 e. The van der Waals surface area contributed by atoms with E-state index >= 15 is 0 Å². The van der Waals surface area contributed by atoms with Gasteiger partial charge in [-0.25, -0.2) is 0 Å². The molecule has 0 spiro atoms. The standard InChI is InChI=1S/C15H30N2/c1-12(13-7-4-2-3-5-8-13)17-15-10-6-9-14(16)11-15/h12-15,17H,2-11,16H2,1H3/t12-,14?,15?/m0/s1. The zero-order valence-corrected chi connectivity index (χ0v) is 11.5. The highest BCUT2D eigenvalue weighted by Crippen LogP contribution is 2.27. The SMILES string of the molecule is C[C@H](NC1CCCC(N)C1)C1CCCCCC1. The van der Waals surface area contributed by atoms with Crippen molar-refractivity contribution in [3.8, 4) is 0 Å². The number of rotatable bonds is 3. The van der Waals surface area contributed by atoms with Gasteiger partial charge in [-0.05, 0) is 44.9 Å². The van der Waals surface area contributed by atoms with Gasteiger partial charge in [0, 0.05) is 18.1 Å². The Bertz CT molecular complexity index is 209. The molecule has 0 aromatic carbocycles. The van der Waals surface area contributed by atoms with Crippen LogP contribution in [-0.4, -0.2) is 18.1 Å². The van der Waals surface area contributed by atoms with E-state index in [0.717, 1.165) is 5.92 Å². The Labute approximate surface area is 107 Å². The third kappa shape index (κ3) is 4.26. The first kappa shape index (κ1) is 13.4. The number of hydrogen-bond acceptors (Lipinski definition) is 2. The van der Waals surface area contributed by atoms with Crippen molar-refractivity contribution in [1.82, 2.24) is 5.32 Å². The van der Waals surface area contributed by atoms with Crippen LogP contribution in [0.15, 0.2) is 0 Å². The number of nitrogens with two attached hydrogens (primary N) is 1. The molecule has 2 aliphatic rings. The van der Waals surface area contributed by atoms with Gasteiger partial charge in [-0.3, -0.25) is 0 Å². The molecule has 0 aromatic rings. The first-order valence-electron chi connectivity index (χ1n) is 7.77. The van der Waals surface area contributed by atoms with Crippen LogP contribution in [0.5, 0.6) is 0 Å². The number of nitrogens with one attached hydrogen (secondary N) is 1. The summed E-state index contributed by atoms with van der Waals surface area (Å²) >= 11 is 0. The van der Waals surface area contributed by atoms with Gasteiger partial charge in [-0.2, -0.15) is 0 Å². The summed E-state index contributed by atoms with van der Waals surface area (Å²) in [7, 11) is 0.